The van der Waals surface area contributed by atoms with Crippen molar-refractivity contribution < 1.29 is 49.5 Å². The first-order valence-electron chi connectivity index (χ1n) is 11.7. The molecule has 0 radical (unpaired) electrons. The molecule has 0 aliphatic carbocycles. The number of para-hydroxylation sites is 1. The Labute approximate surface area is 227 Å². The van der Waals surface area contributed by atoms with Crippen LogP contribution in [0.2, 0.25) is 0 Å². The normalized spacial score (nSPS) is 15.1. The van der Waals surface area contributed by atoms with Crippen LogP contribution in [0, 0.1) is 0 Å². The van der Waals surface area contributed by atoms with E-state index < -0.39 is 79.5 Å². The number of aromatic nitrogens is 4. The van der Waals surface area contributed by atoms with Crippen LogP contribution in [0.15, 0.2) is 41.5 Å². The van der Waals surface area contributed by atoms with E-state index in [1.165, 1.54) is 44.2 Å². The van der Waals surface area contributed by atoms with Crippen LogP contribution in [0.5, 0.6) is 5.75 Å². The highest BCUT2D eigenvalue weighted by molar-refractivity contribution is 7.52. The molecule has 0 spiro atoms. The van der Waals surface area contributed by atoms with E-state index in [0.717, 1.165) is 6.92 Å². The number of nitrogens with zero attached hydrogens (tertiary/aromatic N) is 3. The number of fused-ring (bicyclic) bond motifs is 1. The zero-order chi connectivity index (χ0) is 30.8. The molecule has 2 atom stereocenters. The maximum absolute atomic E-state index is 14.7. The predicted octanol–water partition coefficient (Wildman–Crippen LogP) is 3.74. The lowest BCUT2D eigenvalue weighted by Crippen LogP contribution is -2.57. The third kappa shape index (κ3) is 7.18. The zero-order valence-electron chi connectivity index (χ0n) is 21.6. The number of anilines is 1. The zero-order valence-corrected chi connectivity index (χ0v) is 22.5. The molecule has 1 unspecified atom stereocenters. The maximum atomic E-state index is 14.7. The van der Waals surface area contributed by atoms with Crippen molar-refractivity contribution in [1.29, 1.82) is 0 Å². The first kappa shape index (κ1) is 31.9. The Morgan fingerprint density at radius 2 is 1.76 bits per heavy atom. The van der Waals surface area contributed by atoms with Crippen LogP contribution in [-0.4, -0.2) is 62.0 Å². The van der Waals surface area contributed by atoms with Crippen LogP contribution < -0.4 is 20.9 Å². The number of nitrogens with two attached hydrogens (primary N) is 1. The van der Waals surface area contributed by atoms with Gasteiger partial charge in [0.1, 0.15) is 18.4 Å². The molecule has 0 saturated heterocycles. The van der Waals surface area contributed by atoms with Gasteiger partial charge in [-0.3, -0.25) is 19.1 Å². The molecule has 12 nitrogen and oxygen atoms in total. The van der Waals surface area contributed by atoms with E-state index in [-0.39, 0.29) is 10.3 Å². The average molecular weight is 614 g/mol. The number of hydrogen-bond acceptors (Lipinski definition) is 9. The number of imidazole rings is 1. The fourth-order valence-electron chi connectivity index (χ4n) is 3.26. The number of halogens is 6. The number of H-pyrrole nitrogens is 1. The fraction of sp³-hybridized carbons (Fsp3) is 0.455. The van der Waals surface area contributed by atoms with Gasteiger partial charge in [0.05, 0.1) is 19.0 Å². The summed E-state index contributed by atoms with van der Waals surface area (Å²) < 4.78 is 116. The van der Waals surface area contributed by atoms with Gasteiger partial charge in [-0.15, -0.1) is 0 Å². The number of aromatic amines is 1. The lowest BCUT2D eigenvalue weighted by atomic mass is 10.1. The van der Waals surface area contributed by atoms with Crippen molar-refractivity contribution in [3.8, 4) is 5.75 Å². The van der Waals surface area contributed by atoms with Crippen molar-refractivity contribution >= 4 is 30.8 Å². The number of carbonyl (C=O) groups is 1. The van der Waals surface area contributed by atoms with Gasteiger partial charge in [0.25, 0.3) is 5.56 Å². The van der Waals surface area contributed by atoms with Gasteiger partial charge in [-0.1, -0.05) is 18.2 Å². The van der Waals surface area contributed by atoms with Crippen molar-refractivity contribution in [2.45, 2.75) is 57.2 Å². The summed E-state index contributed by atoms with van der Waals surface area (Å²) in [6.07, 6.45) is -0.112. The quantitative estimate of drug-likeness (QED) is 0.147. The van der Waals surface area contributed by atoms with Crippen LogP contribution in [0.3, 0.4) is 0 Å². The summed E-state index contributed by atoms with van der Waals surface area (Å²) in [6.45, 7) is -0.568. The molecule has 0 saturated carbocycles. The molecule has 0 amide bonds. The Morgan fingerprint density at radius 1 is 1.12 bits per heavy atom. The van der Waals surface area contributed by atoms with Crippen molar-refractivity contribution in [3.63, 3.8) is 0 Å². The third-order valence-electron chi connectivity index (χ3n) is 5.22. The highest BCUT2D eigenvalue weighted by atomic mass is 31.2. The van der Waals surface area contributed by atoms with E-state index in [9.17, 15) is 40.5 Å². The Balaban J connectivity index is 1.85. The molecule has 3 rings (SSSR count). The van der Waals surface area contributed by atoms with E-state index in [1.807, 2.05) is 10.1 Å². The van der Waals surface area contributed by atoms with E-state index >= 15 is 0 Å². The summed E-state index contributed by atoms with van der Waals surface area (Å²) >= 11 is 0. The largest absolute Gasteiger partial charge is 0.462 e. The molecule has 3 aromatic rings. The minimum Gasteiger partial charge on any atom is -0.462 e. The molecular formula is C22H25F6N6O6P. The first-order valence-corrected chi connectivity index (χ1v) is 13.2. The monoisotopic (exact) mass is 614 g/mol. The van der Waals surface area contributed by atoms with E-state index in [2.05, 4.69) is 14.5 Å². The van der Waals surface area contributed by atoms with Crippen LogP contribution in [0.1, 0.15) is 20.8 Å². The lowest BCUT2D eigenvalue weighted by Gasteiger charge is -2.33. The maximum Gasteiger partial charge on any atom is 0.459 e. The summed E-state index contributed by atoms with van der Waals surface area (Å²) in [5.41, 5.74) is 3.14. The Hall–Kier alpha value is -3.63. The van der Waals surface area contributed by atoms with Crippen molar-refractivity contribution in [3.05, 3.63) is 47.0 Å². The number of nitrogens with one attached hydrogen (secondary N) is 2. The number of carbonyl (C=O) groups excluding carboxylic acids is 1. The molecule has 0 aliphatic heterocycles. The lowest BCUT2D eigenvalue weighted by molar-refractivity contribution is -0.318. The van der Waals surface area contributed by atoms with Crippen LogP contribution >= 0.6 is 7.75 Å². The molecule has 41 heavy (non-hydrogen) atoms. The Kier molecular flexibility index (Phi) is 9.10. The SMILES string of the molecule is CC(C)OC(=O)[C@H](C)NP(=O)(OCC(F)(F)C(F)(F)C(F)(F)Cn1cnc2c(=O)[nH]c(N)nc21)Oc1ccccc1. The minimum absolute atomic E-state index is 0.248. The molecule has 2 heterocycles. The summed E-state index contributed by atoms with van der Waals surface area (Å²) in [7, 11) is -5.10. The van der Waals surface area contributed by atoms with Gasteiger partial charge in [-0.25, -0.2) is 9.55 Å². The van der Waals surface area contributed by atoms with Gasteiger partial charge >= 0.3 is 31.5 Å². The number of hydrogen-bond donors (Lipinski definition) is 3. The van der Waals surface area contributed by atoms with E-state index in [1.54, 1.807) is 0 Å². The van der Waals surface area contributed by atoms with Crippen molar-refractivity contribution in [2.75, 3.05) is 12.3 Å². The molecule has 0 aliphatic rings. The van der Waals surface area contributed by atoms with Crippen LogP contribution in [0.25, 0.3) is 11.2 Å². The molecule has 1 aromatic carbocycles. The minimum atomic E-state index is -6.12. The fourth-order valence-corrected chi connectivity index (χ4v) is 4.75. The summed E-state index contributed by atoms with van der Waals surface area (Å²) in [6, 6.07) is 5.16. The Bertz CT molecular complexity index is 1480. The molecule has 19 heteroatoms. The van der Waals surface area contributed by atoms with Crippen molar-refractivity contribution in [2.24, 2.45) is 0 Å². The number of ether oxygens (including phenoxy) is 1. The smallest absolute Gasteiger partial charge is 0.459 e. The molecule has 0 bridgehead atoms. The van der Waals surface area contributed by atoms with Crippen LogP contribution in [0.4, 0.5) is 32.3 Å². The molecule has 226 valence electrons. The van der Waals surface area contributed by atoms with Gasteiger partial charge in [-0.2, -0.15) is 36.4 Å². The standard InChI is InChI=1S/C22H25F6N6O6P/c1-12(2)39-18(36)13(3)33-41(37,40-14-7-5-4-6-8-14)38-10-21(25,26)22(27,28)20(23,24)9-34-11-30-15-16(34)31-19(29)32-17(15)35/h4-8,11-13H,9-10H2,1-3H3,(H,33,37)(H3,29,31,32,35)/t13-,41?/m0/s1. The second-order valence-corrected chi connectivity index (χ2v) is 10.7. The van der Waals surface area contributed by atoms with Gasteiger partial charge in [0, 0.05) is 0 Å². The van der Waals surface area contributed by atoms with Crippen LogP contribution in [-0.2, 0) is 25.2 Å². The van der Waals surface area contributed by atoms with E-state index in [4.69, 9.17) is 15.0 Å². The average Bonchev–Trinajstić information content (AvgIpc) is 3.25. The summed E-state index contributed by atoms with van der Waals surface area (Å²) in [4.78, 5) is 33.0. The molecule has 2 aromatic heterocycles. The van der Waals surface area contributed by atoms with E-state index in [0.29, 0.717) is 6.33 Å². The topological polar surface area (TPSA) is 163 Å². The second kappa shape index (κ2) is 11.7. The van der Waals surface area contributed by atoms with Gasteiger partial charge in [0.15, 0.2) is 11.2 Å². The highest BCUT2D eigenvalue weighted by Crippen LogP contribution is 2.51. The number of benzene rings is 1. The molecule has 0 fully saturated rings. The predicted molar refractivity (Wildman–Crippen MR) is 132 cm³/mol. The number of alkyl halides is 6. The third-order valence-corrected chi connectivity index (χ3v) is 6.85. The Morgan fingerprint density at radius 3 is 2.37 bits per heavy atom. The van der Waals surface area contributed by atoms with Gasteiger partial charge in [-0.05, 0) is 32.9 Å². The number of rotatable bonds is 13. The second-order valence-electron chi connectivity index (χ2n) is 8.99. The number of esters is 1. The summed E-state index contributed by atoms with van der Waals surface area (Å²) in [5, 5.41) is 1.98. The molecular weight excluding hydrogens is 589 g/mol. The van der Waals surface area contributed by atoms with Gasteiger partial charge in [0.2, 0.25) is 5.95 Å². The first-order chi connectivity index (χ1) is 18.9. The number of nitrogen functional groups attached to an aromatic ring is 1. The van der Waals surface area contributed by atoms with Crippen molar-refractivity contribution in [1.82, 2.24) is 24.6 Å². The molecule has 4 N–H and O–H groups in total. The van der Waals surface area contributed by atoms with Gasteiger partial charge < -0.3 is 19.6 Å². The highest BCUT2D eigenvalue weighted by Gasteiger charge is 2.72. The summed E-state index contributed by atoms with van der Waals surface area (Å²) in [5.74, 6) is -19.1.